The van der Waals surface area contributed by atoms with Crippen LogP contribution in [0.4, 0.5) is 15.8 Å². The fraction of sp³-hybridized carbons (Fsp3) is 0. The molecule has 0 fully saturated rings. The molecule has 0 saturated heterocycles. The standard InChI is InChI=1S/C9H7FN2O/c1-2-9(13)12-8-5-6(11)3-4-7(8)10/h1,3-5H,11H2,(H,12,13). The summed E-state index contributed by atoms with van der Waals surface area (Å²) in [6, 6.07) is 3.84. The second-order valence-corrected chi connectivity index (χ2v) is 2.34. The van der Waals surface area contributed by atoms with Gasteiger partial charge in [-0.25, -0.2) is 4.39 Å². The first-order chi connectivity index (χ1) is 6.13. The zero-order valence-corrected chi connectivity index (χ0v) is 6.67. The van der Waals surface area contributed by atoms with Crippen LogP contribution in [0.2, 0.25) is 0 Å². The first-order valence-corrected chi connectivity index (χ1v) is 3.46. The Bertz CT molecular complexity index is 382. The number of benzene rings is 1. The molecule has 0 atom stereocenters. The topological polar surface area (TPSA) is 55.1 Å². The molecule has 0 aliphatic rings. The summed E-state index contributed by atoms with van der Waals surface area (Å²) in [5.41, 5.74) is 5.72. The molecule has 1 amide bonds. The Kier molecular flexibility index (Phi) is 2.50. The molecule has 4 heteroatoms. The molecule has 0 heterocycles. The van der Waals surface area contributed by atoms with E-state index in [1.54, 1.807) is 5.92 Å². The normalized spacial score (nSPS) is 8.92. The van der Waals surface area contributed by atoms with E-state index in [1.165, 1.54) is 12.1 Å². The van der Waals surface area contributed by atoms with Gasteiger partial charge in [-0.2, -0.15) is 0 Å². The quantitative estimate of drug-likeness (QED) is 0.497. The van der Waals surface area contributed by atoms with Crippen LogP contribution in [0.15, 0.2) is 18.2 Å². The molecule has 0 radical (unpaired) electrons. The summed E-state index contributed by atoms with van der Waals surface area (Å²) < 4.78 is 12.9. The van der Waals surface area contributed by atoms with E-state index >= 15 is 0 Å². The third-order valence-corrected chi connectivity index (χ3v) is 1.37. The molecule has 3 N–H and O–H groups in total. The maximum absolute atomic E-state index is 12.9. The van der Waals surface area contributed by atoms with Crippen molar-refractivity contribution in [1.29, 1.82) is 0 Å². The average Bonchev–Trinajstić information content (AvgIpc) is 2.11. The zero-order chi connectivity index (χ0) is 9.84. The average molecular weight is 178 g/mol. The number of hydrogen-bond acceptors (Lipinski definition) is 2. The van der Waals surface area contributed by atoms with Crippen LogP contribution in [0.25, 0.3) is 0 Å². The van der Waals surface area contributed by atoms with E-state index in [4.69, 9.17) is 12.2 Å². The summed E-state index contributed by atoms with van der Waals surface area (Å²) in [7, 11) is 0. The number of nitrogen functional groups attached to an aromatic ring is 1. The van der Waals surface area contributed by atoms with Crippen LogP contribution >= 0.6 is 0 Å². The van der Waals surface area contributed by atoms with Crippen molar-refractivity contribution in [2.24, 2.45) is 0 Å². The predicted molar refractivity (Wildman–Crippen MR) is 48.3 cm³/mol. The van der Waals surface area contributed by atoms with Crippen molar-refractivity contribution in [2.75, 3.05) is 11.1 Å². The number of hydrogen-bond donors (Lipinski definition) is 2. The second-order valence-electron chi connectivity index (χ2n) is 2.34. The number of terminal acetylenes is 1. The van der Waals surface area contributed by atoms with Gasteiger partial charge in [0.05, 0.1) is 5.69 Å². The molecular formula is C9H7FN2O. The number of carbonyl (C=O) groups is 1. The van der Waals surface area contributed by atoms with Crippen LogP contribution in [0.1, 0.15) is 0 Å². The summed E-state index contributed by atoms with van der Waals surface area (Å²) in [6.07, 6.45) is 4.79. The van der Waals surface area contributed by atoms with Crippen LogP contribution in [0.5, 0.6) is 0 Å². The Labute approximate surface area is 74.7 Å². The Morgan fingerprint density at radius 1 is 1.62 bits per heavy atom. The third kappa shape index (κ3) is 2.20. The lowest BCUT2D eigenvalue weighted by Crippen LogP contribution is -2.09. The maximum Gasteiger partial charge on any atom is 0.300 e. The van der Waals surface area contributed by atoms with Crippen molar-refractivity contribution in [1.82, 2.24) is 0 Å². The first kappa shape index (κ1) is 9.07. The minimum atomic E-state index is -0.704. The smallest absolute Gasteiger partial charge is 0.300 e. The van der Waals surface area contributed by atoms with E-state index in [1.807, 2.05) is 0 Å². The summed E-state index contributed by atoms with van der Waals surface area (Å²) >= 11 is 0. The third-order valence-electron chi connectivity index (χ3n) is 1.37. The molecule has 0 aromatic heterocycles. The fourth-order valence-electron chi connectivity index (χ4n) is 0.797. The van der Waals surface area contributed by atoms with Crippen molar-refractivity contribution in [3.63, 3.8) is 0 Å². The van der Waals surface area contributed by atoms with Gasteiger partial charge in [-0.05, 0) is 24.1 Å². The zero-order valence-electron chi connectivity index (χ0n) is 6.67. The molecule has 1 aromatic rings. The SMILES string of the molecule is C#CC(=O)Nc1cc(N)ccc1F. The molecule has 66 valence electrons. The lowest BCUT2D eigenvalue weighted by molar-refractivity contribution is -0.111. The highest BCUT2D eigenvalue weighted by Gasteiger charge is 2.04. The van der Waals surface area contributed by atoms with Gasteiger partial charge in [0.2, 0.25) is 0 Å². The fourth-order valence-corrected chi connectivity index (χ4v) is 0.797. The van der Waals surface area contributed by atoms with Gasteiger partial charge in [0.1, 0.15) is 5.82 Å². The molecule has 1 aromatic carbocycles. The number of anilines is 2. The van der Waals surface area contributed by atoms with Crippen molar-refractivity contribution >= 4 is 17.3 Å². The predicted octanol–water partition coefficient (Wildman–Crippen LogP) is 0.980. The molecule has 0 unspecified atom stereocenters. The largest absolute Gasteiger partial charge is 0.399 e. The van der Waals surface area contributed by atoms with Crippen molar-refractivity contribution in [3.8, 4) is 12.3 Å². The van der Waals surface area contributed by atoms with Crippen molar-refractivity contribution in [3.05, 3.63) is 24.0 Å². The minimum absolute atomic E-state index is 0.0112. The summed E-state index contributed by atoms with van der Waals surface area (Å²) in [5, 5.41) is 2.17. The number of nitrogens with two attached hydrogens (primary N) is 1. The van der Waals surface area contributed by atoms with Gasteiger partial charge >= 0.3 is 0 Å². The molecule has 1 rings (SSSR count). The molecule has 0 saturated carbocycles. The number of nitrogens with one attached hydrogen (secondary N) is 1. The number of amides is 1. The van der Waals surface area contributed by atoms with Crippen molar-refractivity contribution < 1.29 is 9.18 Å². The Morgan fingerprint density at radius 3 is 2.92 bits per heavy atom. The molecule has 13 heavy (non-hydrogen) atoms. The molecule has 0 aliphatic heterocycles. The van der Waals surface area contributed by atoms with Gasteiger partial charge < -0.3 is 11.1 Å². The lowest BCUT2D eigenvalue weighted by atomic mass is 10.2. The molecule has 3 nitrogen and oxygen atoms in total. The van der Waals surface area contributed by atoms with E-state index in [2.05, 4.69) is 5.32 Å². The summed E-state index contributed by atoms with van der Waals surface area (Å²) in [4.78, 5) is 10.7. The highest BCUT2D eigenvalue weighted by Crippen LogP contribution is 2.16. The van der Waals surface area contributed by atoms with Crippen LogP contribution in [-0.2, 0) is 4.79 Å². The van der Waals surface area contributed by atoms with Gasteiger partial charge in [-0.15, -0.1) is 6.42 Å². The number of carbonyl (C=O) groups excluding carboxylic acids is 1. The first-order valence-electron chi connectivity index (χ1n) is 3.46. The van der Waals surface area contributed by atoms with Crippen LogP contribution in [0.3, 0.4) is 0 Å². The van der Waals surface area contributed by atoms with Gasteiger partial charge in [-0.1, -0.05) is 0 Å². The highest BCUT2D eigenvalue weighted by molar-refractivity contribution is 6.03. The van der Waals surface area contributed by atoms with E-state index in [9.17, 15) is 9.18 Å². The highest BCUT2D eigenvalue weighted by atomic mass is 19.1. The molecule has 0 spiro atoms. The summed E-state index contributed by atoms with van der Waals surface area (Å²) in [6.45, 7) is 0. The van der Waals surface area contributed by atoms with Gasteiger partial charge in [0, 0.05) is 5.69 Å². The monoisotopic (exact) mass is 178 g/mol. The van der Waals surface area contributed by atoms with Crippen molar-refractivity contribution in [2.45, 2.75) is 0 Å². The number of halogens is 1. The lowest BCUT2D eigenvalue weighted by Gasteiger charge is -2.03. The van der Waals surface area contributed by atoms with Crippen LogP contribution in [0, 0.1) is 18.2 Å². The number of rotatable bonds is 1. The van der Waals surface area contributed by atoms with Crippen LogP contribution in [-0.4, -0.2) is 5.91 Å². The Hall–Kier alpha value is -2.02. The minimum Gasteiger partial charge on any atom is -0.399 e. The second kappa shape index (κ2) is 3.59. The van der Waals surface area contributed by atoms with E-state index in [0.717, 1.165) is 6.07 Å². The van der Waals surface area contributed by atoms with Gasteiger partial charge in [0.25, 0.3) is 5.91 Å². The summed E-state index contributed by atoms with van der Waals surface area (Å²) in [5.74, 6) is 0.527. The Morgan fingerprint density at radius 2 is 2.31 bits per heavy atom. The van der Waals surface area contributed by atoms with E-state index < -0.39 is 11.7 Å². The van der Waals surface area contributed by atoms with Crippen LogP contribution < -0.4 is 11.1 Å². The van der Waals surface area contributed by atoms with E-state index in [-0.39, 0.29) is 5.69 Å². The van der Waals surface area contributed by atoms with Gasteiger partial charge in [-0.3, -0.25) is 4.79 Å². The maximum atomic E-state index is 12.9. The Balaban J connectivity index is 2.95. The van der Waals surface area contributed by atoms with E-state index in [0.29, 0.717) is 5.69 Å². The molecular weight excluding hydrogens is 171 g/mol. The molecule has 0 bridgehead atoms. The van der Waals surface area contributed by atoms with Gasteiger partial charge in [0.15, 0.2) is 0 Å². The molecule has 0 aliphatic carbocycles.